The number of piperazine rings is 1. The molecule has 2 rings (SSSR count). The van der Waals surface area contributed by atoms with E-state index in [1.807, 2.05) is 24.0 Å². The predicted molar refractivity (Wildman–Crippen MR) is 73.9 cm³/mol. The second-order valence-electron chi connectivity index (χ2n) is 4.47. The van der Waals surface area contributed by atoms with E-state index in [1.54, 1.807) is 12.1 Å². The minimum absolute atomic E-state index is 0.113. The number of rotatable bonds is 3. The lowest BCUT2D eigenvalue weighted by Crippen LogP contribution is -2.56. The third kappa shape index (κ3) is 2.66. The van der Waals surface area contributed by atoms with Gasteiger partial charge in [-0.2, -0.15) is 0 Å². The second-order valence-corrected chi connectivity index (χ2v) is 4.90. The molecular weight excluding hydrogens is 250 g/mol. The molecular formula is C13H18ClN3O. The van der Waals surface area contributed by atoms with E-state index < -0.39 is 0 Å². The van der Waals surface area contributed by atoms with E-state index in [-0.39, 0.29) is 11.9 Å². The molecule has 0 spiro atoms. The summed E-state index contributed by atoms with van der Waals surface area (Å²) in [5, 5.41) is 0.681. The first-order chi connectivity index (χ1) is 8.63. The summed E-state index contributed by atoms with van der Waals surface area (Å²) in [5.74, 6) is 0.122. The minimum Gasteiger partial charge on any atom is -0.329 e. The first kappa shape index (κ1) is 13.3. The number of carbonyl (C=O) groups excluding carboxylic acids is 1. The van der Waals surface area contributed by atoms with Gasteiger partial charge >= 0.3 is 0 Å². The van der Waals surface area contributed by atoms with E-state index in [0.29, 0.717) is 18.1 Å². The molecule has 1 aliphatic heterocycles. The summed E-state index contributed by atoms with van der Waals surface area (Å²) in [6.07, 6.45) is 0. The molecule has 1 aromatic carbocycles. The van der Waals surface area contributed by atoms with Crippen molar-refractivity contribution in [2.75, 3.05) is 31.1 Å². The zero-order valence-electron chi connectivity index (χ0n) is 10.5. The van der Waals surface area contributed by atoms with Crippen LogP contribution in [0.4, 0.5) is 5.69 Å². The van der Waals surface area contributed by atoms with Crippen molar-refractivity contribution in [1.82, 2.24) is 4.90 Å². The predicted octanol–water partition coefficient (Wildman–Crippen LogP) is 1.34. The highest BCUT2D eigenvalue weighted by molar-refractivity contribution is 6.30. The van der Waals surface area contributed by atoms with Crippen LogP contribution >= 0.6 is 11.6 Å². The third-order valence-electron chi connectivity index (χ3n) is 3.34. The zero-order chi connectivity index (χ0) is 13.1. The number of nitrogens with zero attached hydrogens (tertiary/aromatic N) is 2. The lowest BCUT2D eigenvalue weighted by Gasteiger charge is -2.38. The maximum atomic E-state index is 12.3. The Morgan fingerprint density at radius 2 is 2.00 bits per heavy atom. The van der Waals surface area contributed by atoms with E-state index in [0.717, 1.165) is 18.8 Å². The maximum Gasteiger partial charge on any atom is 0.244 e. The van der Waals surface area contributed by atoms with Gasteiger partial charge in [0.25, 0.3) is 0 Å². The molecule has 0 radical (unpaired) electrons. The minimum atomic E-state index is -0.113. The topological polar surface area (TPSA) is 49.6 Å². The Morgan fingerprint density at radius 3 is 2.61 bits per heavy atom. The van der Waals surface area contributed by atoms with Crippen molar-refractivity contribution in [3.05, 3.63) is 29.3 Å². The van der Waals surface area contributed by atoms with Crippen molar-refractivity contribution in [2.45, 2.75) is 13.0 Å². The summed E-state index contributed by atoms with van der Waals surface area (Å²) in [5.41, 5.74) is 6.45. The van der Waals surface area contributed by atoms with Crippen molar-refractivity contribution in [1.29, 1.82) is 0 Å². The number of hydrogen-bond acceptors (Lipinski definition) is 3. The van der Waals surface area contributed by atoms with E-state index >= 15 is 0 Å². The molecule has 0 saturated carbocycles. The molecule has 0 bridgehead atoms. The Hall–Kier alpha value is -1.10. The first-order valence-electron chi connectivity index (χ1n) is 6.14. The summed E-state index contributed by atoms with van der Waals surface area (Å²) >= 11 is 5.85. The average molecular weight is 268 g/mol. The highest BCUT2D eigenvalue weighted by Gasteiger charge is 2.31. The van der Waals surface area contributed by atoms with Gasteiger partial charge in [-0.05, 0) is 31.2 Å². The molecule has 1 unspecified atom stereocenters. The number of halogens is 1. The van der Waals surface area contributed by atoms with Crippen molar-refractivity contribution in [3.63, 3.8) is 0 Å². The Kier molecular flexibility index (Phi) is 4.22. The summed E-state index contributed by atoms with van der Waals surface area (Å²) in [6.45, 7) is 4.83. The lowest BCUT2D eigenvalue weighted by atomic mass is 10.1. The van der Waals surface area contributed by atoms with E-state index in [4.69, 9.17) is 17.3 Å². The van der Waals surface area contributed by atoms with Gasteiger partial charge in [-0.3, -0.25) is 9.69 Å². The van der Waals surface area contributed by atoms with Gasteiger partial charge in [0.15, 0.2) is 0 Å². The van der Waals surface area contributed by atoms with Gasteiger partial charge in [0.1, 0.15) is 0 Å². The quantitative estimate of drug-likeness (QED) is 0.899. The van der Waals surface area contributed by atoms with Gasteiger partial charge in [-0.25, -0.2) is 0 Å². The van der Waals surface area contributed by atoms with Gasteiger partial charge in [-0.1, -0.05) is 11.6 Å². The third-order valence-corrected chi connectivity index (χ3v) is 3.59. The molecule has 1 fully saturated rings. The van der Waals surface area contributed by atoms with Crippen molar-refractivity contribution < 1.29 is 4.79 Å². The van der Waals surface area contributed by atoms with Crippen molar-refractivity contribution >= 4 is 23.2 Å². The maximum absolute atomic E-state index is 12.3. The molecule has 1 heterocycles. The van der Waals surface area contributed by atoms with Crippen LogP contribution in [0.15, 0.2) is 24.3 Å². The van der Waals surface area contributed by atoms with Crippen LogP contribution in [0.3, 0.4) is 0 Å². The smallest absolute Gasteiger partial charge is 0.244 e. The van der Waals surface area contributed by atoms with Crippen LogP contribution in [0, 0.1) is 0 Å². The fraction of sp³-hybridized carbons (Fsp3) is 0.462. The van der Waals surface area contributed by atoms with Crippen LogP contribution in [0.5, 0.6) is 0 Å². The molecule has 1 aliphatic rings. The van der Waals surface area contributed by atoms with Crippen molar-refractivity contribution in [3.8, 4) is 0 Å². The Bertz CT molecular complexity index is 421. The molecule has 4 nitrogen and oxygen atoms in total. The molecule has 2 N–H and O–H groups in total. The normalized spacial score (nSPS) is 21.4. The summed E-state index contributed by atoms with van der Waals surface area (Å²) < 4.78 is 0. The molecule has 98 valence electrons. The molecule has 0 aliphatic carbocycles. The first-order valence-corrected chi connectivity index (χ1v) is 6.52. The number of amides is 1. The van der Waals surface area contributed by atoms with Gasteiger partial charge in [0, 0.05) is 36.9 Å². The second kappa shape index (κ2) is 5.69. The van der Waals surface area contributed by atoms with E-state index in [2.05, 4.69) is 4.90 Å². The highest BCUT2D eigenvalue weighted by atomic mass is 35.5. The van der Waals surface area contributed by atoms with E-state index in [1.165, 1.54) is 0 Å². The largest absolute Gasteiger partial charge is 0.329 e. The Balaban J connectivity index is 2.12. The van der Waals surface area contributed by atoms with Crippen molar-refractivity contribution in [2.24, 2.45) is 5.73 Å². The van der Waals surface area contributed by atoms with Crippen LogP contribution in [-0.4, -0.2) is 43.0 Å². The van der Waals surface area contributed by atoms with Crippen LogP contribution in [0.2, 0.25) is 5.02 Å². The number of carbonyl (C=O) groups is 1. The molecule has 5 heteroatoms. The fourth-order valence-corrected chi connectivity index (χ4v) is 2.39. The van der Waals surface area contributed by atoms with Crippen LogP contribution in [0.1, 0.15) is 6.92 Å². The molecule has 1 amide bonds. The lowest BCUT2D eigenvalue weighted by molar-refractivity contribution is -0.125. The van der Waals surface area contributed by atoms with Gasteiger partial charge in [-0.15, -0.1) is 0 Å². The number of anilines is 1. The van der Waals surface area contributed by atoms with Gasteiger partial charge in [0.05, 0.1) is 6.04 Å². The van der Waals surface area contributed by atoms with Crippen LogP contribution < -0.4 is 10.6 Å². The molecule has 0 aromatic heterocycles. The molecule has 1 atom stereocenters. The Labute approximate surface area is 112 Å². The average Bonchev–Trinajstić information content (AvgIpc) is 2.37. The Morgan fingerprint density at radius 1 is 1.33 bits per heavy atom. The highest BCUT2D eigenvalue weighted by Crippen LogP contribution is 2.22. The number of nitrogens with two attached hydrogens (primary N) is 1. The molecule has 1 saturated heterocycles. The standard InChI is InChI=1S/C13H18ClN3O/c1-10-13(18)17(9-8-16(10)7-6-15)12-4-2-11(14)3-5-12/h2-5,10H,6-9,15H2,1H3. The summed E-state index contributed by atoms with van der Waals surface area (Å²) in [7, 11) is 0. The van der Waals surface area contributed by atoms with Crippen LogP contribution in [0.25, 0.3) is 0 Å². The zero-order valence-corrected chi connectivity index (χ0v) is 11.2. The molecule has 18 heavy (non-hydrogen) atoms. The van der Waals surface area contributed by atoms with Crippen LogP contribution in [-0.2, 0) is 4.79 Å². The van der Waals surface area contributed by atoms with Gasteiger partial charge in [0.2, 0.25) is 5.91 Å². The number of benzene rings is 1. The van der Waals surface area contributed by atoms with Gasteiger partial charge < -0.3 is 10.6 Å². The summed E-state index contributed by atoms with van der Waals surface area (Å²) in [4.78, 5) is 16.2. The molecule has 1 aromatic rings. The van der Waals surface area contributed by atoms with E-state index in [9.17, 15) is 4.79 Å². The monoisotopic (exact) mass is 267 g/mol. The number of hydrogen-bond donors (Lipinski definition) is 1. The summed E-state index contributed by atoms with van der Waals surface area (Å²) in [6, 6.07) is 7.26. The fourth-order valence-electron chi connectivity index (χ4n) is 2.26. The SMILES string of the molecule is CC1C(=O)N(c2ccc(Cl)cc2)CCN1CCN.